The Balaban J connectivity index is 2.46. The van der Waals surface area contributed by atoms with Crippen LogP contribution in [0.25, 0.3) is 0 Å². The van der Waals surface area contributed by atoms with Crippen LogP contribution < -0.4 is 5.32 Å². The maximum atomic E-state index is 11.9. The van der Waals surface area contributed by atoms with Gasteiger partial charge in [-0.15, -0.1) is 0 Å². The van der Waals surface area contributed by atoms with E-state index in [1.807, 2.05) is 18.7 Å². The van der Waals surface area contributed by atoms with Crippen molar-refractivity contribution in [3.8, 4) is 0 Å². The van der Waals surface area contributed by atoms with Crippen molar-refractivity contribution >= 4 is 15.7 Å². The number of amides is 1. The molecule has 1 saturated carbocycles. The van der Waals surface area contributed by atoms with E-state index in [1.165, 1.54) is 6.26 Å². The van der Waals surface area contributed by atoms with E-state index in [0.717, 1.165) is 32.4 Å². The van der Waals surface area contributed by atoms with Crippen molar-refractivity contribution in [2.75, 3.05) is 25.9 Å². The summed E-state index contributed by atoms with van der Waals surface area (Å²) in [6, 6.07) is 0.0107. The van der Waals surface area contributed by atoms with Crippen molar-refractivity contribution < 1.29 is 13.2 Å². The number of hydrogen-bond acceptors (Lipinski definition) is 4. The van der Waals surface area contributed by atoms with Crippen LogP contribution in [0.15, 0.2) is 0 Å². The lowest BCUT2D eigenvalue weighted by Gasteiger charge is -2.29. The maximum absolute atomic E-state index is 11.9. The van der Waals surface area contributed by atoms with E-state index in [-0.39, 0.29) is 17.2 Å². The highest BCUT2D eigenvalue weighted by molar-refractivity contribution is 7.91. The first-order valence-electron chi connectivity index (χ1n) is 7.07. The molecule has 1 N–H and O–H groups in total. The fraction of sp³-hybridized carbons (Fsp3) is 0.923. The molecule has 0 aromatic rings. The Bertz CT molecular complexity index is 391. The summed E-state index contributed by atoms with van der Waals surface area (Å²) in [4.78, 5) is 13.9. The summed E-state index contributed by atoms with van der Waals surface area (Å²) in [5.41, 5.74) is 0. The number of sulfone groups is 1. The minimum absolute atomic E-state index is 0.00264. The van der Waals surface area contributed by atoms with E-state index in [4.69, 9.17) is 0 Å². The van der Waals surface area contributed by atoms with Gasteiger partial charge in [-0.1, -0.05) is 20.3 Å². The standard InChI is InChI=1S/C13H26N2O3S/c1-4-15(5-2)10-13(16)14-11-7-6-8-12(9-11)19(3,17)18/h11-12H,4-10H2,1-3H3,(H,14,16)/t11-,12-/m1/s1. The van der Waals surface area contributed by atoms with Crippen LogP contribution in [0.2, 0.25) is 0 Å². The number of likely N-dealkylation sites (N-methyl/N-ethyl adjacent to an activating group) is 1. The van der Waals surface area contributed by atoms with Crippen molar-refractivity contribution in [2.24, 2.45) is 0 Å². The summed E-state index contributed by atoms with van der Waals surface area (Å²) in [5, 5.41) is 2.68. The quantitative estimate of drug-likeness (QED) is 0.786. The van der Waals surface area contributed by atoms with Crippen molar-refractivity contribution in [1.82, 2.24) is 10.2 Å². The van der Waals surface area contributed by atoms with Crippen molar-refractivity contribution in [3.63, 3.8) is 0 Å². The zero-order valence-corrected chi connectivity index (χ0v) is 13.0. The van der Waals surface area contributed by atoms with Crippen molar-refractivity contribution in [3.05, 3.63) is 0 Å². The monoisotopic (exact) mass is 290 g/mol. The maximum Gasteiger partial charge on any atom is 0.234 e. The minimum atomic E-state index is -2.99. The molecule has 1 fully saturated rings. The molecule has 112 valence electrons. The largest absolute Gasteiger partial charge is 0.352 e. The number of rotatable bonds is 6. The van der Waals surface area contributed by atoms with Crippen LogP contribution in [-0.4, -0.2) is 56.4 Å². The molecule has 1 amide bonds. The zero-order chi connectivity index (χ0) is 14.5. The van der Waals surface area contributed by atoms with Gasteiger partial charge < -0.3 is 5.32 Å². The summed E-state index contributed by atoms with van der Waals surface area (Å²) in [7, 11) is -2.99. The molecule has 0 saturated heterocycles. The molecule has 1 aliphatic rings. The van der Waals surface area contributed by atoms with Gasteiger partial charge in [0, 0.05) is 12.3 Å². The van der Waals surface area contributed by atoms with Crippen molar-refractivity contribution in [2.45, 2.75) is 50.8 Å². The van der Waals surface area contributed by atoms with Crippen LogP contribution in [0.4, 0.5) is 0 Å². The van der Waals surface area contributed by atoms with Gasteiger partial charge >= 0.3 is 0 Å². The molecule has 0 aromatic heterocycles. The molecule has 0 unspecified atom stereocenters. The van der Waals surface area contributed by atoms with Gasteiger partial charge in [0.2, 0.25) is 5.91 Å². The average Bonchev–Trinajstić information content (AvgIpc) is 2.35. The fourth-order valence-electron chi connectivity index (χ4n) is 2.59. The van der Waals surface area contributed by atoms with Crippen LogP contribution in [0.1, 0.15) is 39.5 Å². The number of nitrogens with one attached hydrogen (secondary N) is 1. The smallest absolute Gasteiger partial charge is 0.234 e. The molecule has 0 spiro atoms. The molecule has 0 bridgehead atoms. The molecule has 0 heterocycles. The Kier molecular flexibility index (Phi) is 6.26. The number of carbonyl (C=O) groups is 1. The summed E-state index contributed by atoms with van der Waals surface area (Å²) in [6.07, 6.45) is 4.33. The number of carbonyl (C=O) groups excluding carboxylic acids is 1. The van der Waals surface area contributed by atoms with Crippen LogP contribution in [-0.2, 0) is 14.6 Å². The normalized spacial score (nSPS) is 24.4. The van der Waals surface area contributed by atoms with E-state index in [1.54, 1.807) is 0 Å². The second-order valence-corrected chi connectivity index (χ2v) is 7.67. The molecule has 1 rings (SSSR count). The Labute approximate surface area is 116 Å². The van der Waals surface area contributed by atoms with Gasteiger partial charge in [-0.2, -0.15) is 0 Å². The Morgan fingerprint density at radius 1 is 1.26 bits per heavy atom. The molecule has 19 heavy (non-hydrogen) atoms. The highest BCUT2D eigenvalue weighted by Gasteiger charge is 2.29. The van der Waals surface area contributed by atoms with Gasteiger partial charge in [0.1, 0.15) is 9.84 Å². The van der Waals surface area contributed by atoms with E-state index < -0.39 is 9.84 Å². The van der Waals surface area contributed by atoms with Gasteiger partial charge in [-0.25, -0.2) is 8.42 Å². The van der Waals surface area contributed by atoms with Crippen LogP contribution >= 0.6 is 0 Å². The lowest BCUT2D eigenvalue weighted by molar-refractivity contribution is -0.123. The second kappa shape index (κ2) is 7.24. The Morgan fingerprint density at radius 3 is 2.42 bits per heavy atom. The first-order chi connectivity index (χ1) is 8.86. The third-order valence-electron chi connectivity index (χ3n) is 3.86. The van der Waals surface area contributed by atoms with E-state index in [0.29, 0.717) is 13.0 Å². The first kappa shape index (κ1) is 16.4. The fourth-order valence-corrected chi connectivity index (χ4v) is 3.77. The number of hydrogen-bond donors (Lipinski definition) is 1. The van der Waals surface area contributed by atoms with Gasteiger partial charge in [0.15, 0.2) is 0 Å². The summed E-state index contributed by atoms with van der Waals surface area (Å²) < 4.78 is 23.1. The molecule has 5 nitrogen and oxygen atoms in total. The lowest BCUT2D eigenvalue weighted by atomic mass is 9.95. The van der Waals surface area contributed by atoms with Crippen LogP contribution in [0.3, 0.4) is 0 Å². The van der Waals surface area contributed by atoms with E-state index >= 15 is 0 Å². The third-order valence-corrected chi connectivity index (χ3v) is 5.50. The predicted octanol–water partition coefficient (Wildman–Crippen LogP) is 0.800. The Hall–Kier alpha value is -0.620. The zero-order valence-electron chi connectivity index (χ0n) is 12.2. The minimum Gasteiger partial charge on any atom is -0.352 e. The molecule has 6 heteroatoms. The second-order valence-electron chi connectivity index (χ2n) is 5.34. The van der Waals surface area contributed by atoms with Gasteiger partial charge in [-0.3, -0.25) is 9.69 Å². The molecular formula is C13H26N2O3S. The molecule has 0 radical (unpaired) electrons. The van der Waals surface area contributed by atoms with Crippen molar-refractivity contribution in [1.29, 1.82) is 0 Å². The summed E-state index contributed by atoms with van der Waals surface area (Å²) >= 11 is 0. The lowest BCUT2D eigenvalue weighted by Crippen LogP contribution is -2.45. The first-order valence-corrected chi connectivity index (χ1v) is 9.02. The van der Waals surface area contributed by atoms with Gasteiger partial charge in [0.25, 0.3) is 0 Å². The van der Waals surface area contributed by atoms with E-state index in [2.05, 4.69) is 5.32 Å². The van der Waals surface area contributed by atoms with Crippen LogP contribution in [0, 0.1) is 0 Å². The SMILES string of the molecule is CCN(CC)CC(=O)N[C@@H]1CCC[C@@H](S(C)(=O)=O)C1. The molecule has 0 aliphatic heterocycles. The Morgan fingerprint density at radius 2 is 1.89 bits per heavy atom. The highest BCUT2D eigenvalue weighted by atomic mass is 32.2. The third kappa shape index (κ3) is 5.48. The average molecular weight is 290 g/mol. The molecule has 1 aliphatic carbocycles. The topological polar surface area (TPSA) is 66.5 Å². The van der Waals surface area contributed by atoms with Gasteiger partial charge in [-0.05, 0) is 32.4 Å². The van der Waals surface area contributed by atoms with Crippen LogP contribution in [0.5, 0.6) is 0 Å². The van der Waals surface area contributed by atoms with E-state index in [9.17, 15) is 13.2 Å². The summed E-state index contributed by atoms with van der Waals surface area (Å²) in [5.74, 6) is 0.00264. The molecule has 2 atom stereocenters. The summed E-state index contributed by atoms with van der Waals surface area (Å²) in [6.45, 7) is 6.14. The molecule has 0 aromatic carbocycles. The van der Waals surface area contributed by atoms with Gasteiger partial charge in [0.05, 0.1) is 11.8 Å². The predicted molar refractivity (Wildman–Crippen MR) is 76.8 cm³/mol. The molecular weight excluding hydrogens is 264 g/mol. The highest BCUT2D eigenvalue weighted by Crippen LogP contribution is 2.23. The number of nitrogens with zero attached hydrogens (tertiary/aromatic N) is 1.